The maximum Gasteiger partial charge on any atom is 0.371 e. The van der Waals surface area contributed by atoms with Crippen molar-refractivity contribution in [2.75, 3.05) is 9.80 Å². The summed E-state index contributed by atoms with van der Waals surface area (Å²) in [5.74, 6) is 1.29. The van der Waals surface area contributed by atoms with Crippen molar-refractivity contribution in [3.8, 4) is 11.3 Å². The van der Waals surface area contributed by atoms with Crippen LogP contribution in [0.25, 0.3) is 11.3 Å². The number of hydrogen-bond donors (Lipinski definition) is 0. The van der Waals surface area contributed by atoms with Crippen LogP contribution in [0.1, 0.15) is 86.1 Å². The van der Waals surface area contributed by atoms with E-state index in [2.05, 4.69) is 170 Å². The monoisotopic (exact) mass is 620 g/mol. The van der Waals surface area contributed by atoms with Gasteiger partial charge in [0.2, 0.25) is 5.69 Å². The fraction of sp³-hybridized carbons (Fsp3) is 0.227. The van der Waals surface area contributed by atoms with Crippen LogP contribution < -0.4 is 18.9 Å². The molecule has 2 aromatic heterocycles. The first kappa shape index (κ1) is 25.8. The van der Waals surface area contributed by atoms with E-state index in [4.69, 9.17) is 0 Å². The predicted octanol–water partition coefficient (Wildman–Crippen LogP) is 9.02. The van der Waals surface area contributed by atoms with Crippen LogP contribution in [-0.2, 0) is 21.9 Å². The van der Waals surface area contributed by atoms with Crippen molar-refractivity contribution in [3.05, 3.63) is 154 Å². The lowest BCUT2D eigenvalue weighted by atomic mass is 9.63. The summed E-state index contributed by atoms with van der Waals surface area (Å²) in [6, 6.07) is 37.3. The van der Waals surface area contributed by atoms with Crippen LogP contribution in [0.5, 0.6) is 0 Å². The van der Waals surface area contributed by atoms with Crippen molar-refractivity contribution < 1.29 is 9.13 Å². The number of nitrogens with zero attached hydrogens (tertiary/aromatic N) is 4. The van der Waals surface area contributed by atoms with Gasteiger partial charge in [0.05, 0.1) is 34.4 Å². The van der Waals surface area contributed by atoms with E-state index in [1.54, 1.807) is 0 Å². The standard InChI is InChI=1S/C44H36N4/c1-41(2)26-13-7-8-18-33(26)47-34-22-21-30-39-36(34)44(35-25(19-20-29(41)38(35)47)32-17-9-10-23-45(32)44)46-24-12-16-31-40(46)48(39)37-27(42(30,3)4)14-11-15-28(37)43(31,5)6/h7-24H,1-6H3/q+2. The first-order chi connectivity index (χ1) is 23.1. The molecule has 4 aromatic carbocycles. The summed E-state index contributed by atoms with van der Waals surface area (Å²) in [6.07, 6.45) is 4.71. The molecule has 12 rings (SSSR count). The number of aromatic nitrogens is 2. The second-order valence-corrected chi connectivity index (χ2v) is 16.2. The highest BCUT2D eigenvalue weighted by Gasteiger charge is 2.72. The van der Waals surface area contributed by atoms with Crippen LogP contribution in [-0.4, -0.2) is 0 Å². The second-order valence-electron chi connectivity index (χ2n) is 16.2. The van der Waals surface area contributed by atoms with Crippen LogP contribution in [0, 0.1) is 0 Å². The molecule has 0 bridgehead atoms. The Morgan fingerprint density at radius 3 is 1.85 bits per heavy atom. The molecule has 0 N–H and O–H groups in total. The van der Waals surface area contributed by atoms with Gasteiger partial charge in [-0.2, -0.15) is 9.47 Å². The average molecular weight is 621 g/mol. The molecule has 6 aliphatic heterocycles. The molecular weight excluding hydrogens is 585 g/mol. The number of hydrogen-bond acceptors (Lipinski definition) is 2. The van der Waals surface area contributed by atoms with Gasteiger partial charge in [0.25, 0.3) is 5.82 Å². The van der Waals surface area contributed by atoms with E-state index < -0.39 is 5.66 Å². The van der Waals surface area contributed by atoms with Crippen LogP contribution in [0.2, 0.25) is 0 Å². The molecule has 6 aromatic rings. The van der Waals surface area contributed by atoms with Gasteiger partial charge in [-0.1, -0.05) is 90.1 Å². The quantitative estimate of drug-likeness (QED) is 0.157. The molecule has 0 aliphatic carbocycles. The van der Waals surface area contributed by atoms with E-state index in [9.17, 15) is 0 Å². The zero-order valence-corrected chi connectivity index (χ0v) is 28.2. The van der Waals surface area contributed by atoms with Crippen LogP contribution >= 0.6 is 0 Å². The third kappa shape index (κ3) is 2.32. The lowest BCUT2D eigenvalue weighted by Gasteiger charge is -2.52. The lowest BCUT2D eigenvalue weighted by molar-refractivity contribution is -0.958. The van der Waals surface area contributed by atoms with E-state index in [1.165, 1.54) is 90.0 Å². The Morgan fingerprint density at radius 2 is 1.04 bits per heavy atom. The van der Waals surface area contributed by atoms with Crippen molar-refractivity contribution in [2.45, 2.75) is 63.5 Å². The molecule has 1 unspecified atom stereocenters. The lowest BCUT2D eigenvalue weighted by Crippen LogP contribution is -2.77. The smallest absolute Gasteiger partial charge is 0.308 e. The minimum atomic E-state index is -0.603. The van der Waals surface area contributed by atoms with E-state index in [0.717, 1.165) is 0 Å². The Kier molecular flexibility index (Phi) is 3.99. The van der Waals surface area contributed by atoms with E-state index >= 15 is 0 Å². The first-order valence-electron chi connectivity index (χ1n) is 17.4. The molecule has 0 amide bonds. The second kappa shape index (κ2) is 7.42. The van der Waals surface area contributed by atoms with Crippen molar-refractivity contribution in [1.82, 2.24) is 0 Å². The molecule has 48 heavy (non-hydrogen) atoms. The number of fused-ring (bicyclic) bond motifs is 5. The molecule has 0 fully saturated rings. The molecule has 0 saturated carbocycles. The maximum absolute atomic E-state index is 2.67. The minimum absolute atomic E-state index is 0.164. The van der Waals surface area contributed by atoms with Gasteiger partial charge in [-0.25, -0.2) is 0 Å². The van der Waals surface area contributed by atoms with Gasteiger partial charge >= 0.3 is 5.66 Å². The molecule has 4 nitrogen and oxygen atoms in total. The highest BCUT2D eigenvalue weighted by Crippen LogP contribution is 2.69. The molecule has 8 heterocycles. The average Bonchev–Trinajstić information content (AvgIpc) is 3.39. The Hall–Kier alpha value is -5.22. The number of rotatable bonds is 0. The van der Waals surface area contributed by atoms with Crippen LogP contribution in [0.3, 0.4) is 0 Å². The van der Waals surface area contributed by atoms with E-state index in [-0.39, 0.29) is 16.2 Å². The Bertz CT molecular complexity index is 2560. The Morgan fingerprint density at radius 1 is 0.438 bits per heavy atom. The normalized spacial score (nSPS) is 21.6. The SMILES string of the molecule is CC1(C)c2ccccc2N2c3ccc4c5c3C3(c6c(ccc1c62)-c1cccc[n+]13)[n+]1cccc2c1N5c1c(cccc1C2(C)C)C4(C)C. The largest absolute Gasteiger partial charge is 0.371 e. The van der Waals surface area contributed by atoms with Gasteiger partial charge in [0.1, 0.15) is 16.8 Å². The molecule has 0 radical (unpaired) electrons. The van der Waals surface area contributed by atoms with Gasteiger partial charge < -0.3 is 4.90 Å². The maximum atomic E-state index is 2.67. The Labute approximate surface area is 281 Å². The van der Waals surface area contributed by atoms with Crippen molar-refractivity contribution in [2.24, 2.45) is 0 Å². The van der Waals surface area contributed by atoms with E-state index in [1.807, 2.05) is 0 Å². The highest BCUT2D eigenvalue weighted by molar-refractivity contribution is 6.02. The van der Waals surface area contributed by atoms with Crippen LogP contribution in [0.4, 0.5) is 34.3 Å². The number of para-hydroxylation sites is 2. The number of pyridine rings is 2. The fourth-order valence-corrected chi connectivity index (χ4v) is 11.0. The molecule has 6 aliphatic rings. The summed E-state index contributed by atoms with van der Waals surface area (Å²) in [5, 5.41) is 0. The number of benzene rings is 4. The first-order valence-corrected chi connectivity index (χ1v) is 17.4. The van der Waals surface area contributed by atoms with Gasteiger partial charge in [0.15, 0.2) is 11.9 Å². The van der Waals surface area contributed by atoms with E-state index in [0.29, 0.717) is 0 Å². The van der Waals surface area contributed by atoms with Gasteiger partial charge in [-0.05, 0) is 47.5 Å². The fourth-order valence-electron chi connectivity index (χ4n) is 11.0. The summed E-state index contributed by atoms with van der Waals surface area (Å²) in [4.78, 5) is 5.30. The van der Waals surface area contributed by atoms with Crippen molar-refractivity contribution in [1.29, 1.82) is 0 Å². The summed E-state index contributed by atoms with van der Waals surface area (Å²) < 4.78 is 5.27. The predicted molar refractivity (Wildman–Crippen MR) is 190 cm³/mol. The number of anilines is 6. The Balaban J connectivity index is 1.38. The zero-order chi connectivity index (χ0) is 32.3. The molecular formula is C44H36N4+2. The summed E-state index contributed by atoms with van der Waals surface area (Å²) in [6.45, 7) is 14.6. The minimum Gasteiger partial charge on any atom is -0.308 e. The molecule has 230 valence electrons. The summed E-state index contributed by atoms with van der Waals surface area (Å²) in [5.41, 5.74) is 19.2. The van der Waals surface area contributed by atoms with Gasteiger partial charge in [0, 0.05) is 45.1 Å². The summed E-state index contributed by atoms with van der Waals surface area (Å²) >= 11 is 0. The highest BCUT2D eigenvalue weighted by atomic mass is 15.4. The van der Waals surface area contributed by atoms with Gasteiger partial charge in [-0.3, -0.25) is 0 Å². The molecule has 1 spiro atoms. The van der Waals surface area contributed by atoms with Crippen molar-refractivity contribution >= 4 is 34.3 Å². The molecule has 0 saturated heterocycles. The summed E-state index contributed by atoms with van der Waals surface area (Å²) in [7, 11) is 0. The van der Waals surface area contributed by atoms with Crippen molar-refractivity contribution in [3.63, 3.8) is 0 Å². The topological polar surface area (TPSA) is 14.2 Å². The molecule has 4 heteroatoms. The third-order valence-electron chi connectivity index (χ3n) is 13.2. The zero-order valence-electron chi connectivity index (χ0n) is 28.2. The molecule has 1 atom stereocenters. The van der Waals surface area contributed by atoms with Crippen LogP contribution in [0.15, 0.2) is 109 Å². The van der Waals surface area contributed by atoms with Gasteiger partial charge in [-0.15, -0.1) is 4.57 Å². The third-order valence-corrected chi connectivity index (χ3v) is 13.2.